The molecule has 0 atom stereocenters. The third-order valence-electron chi connectivity index (χ3n) is 6.32. The smallest absolute Gasteiger partial charge is 0.248 e. The summed E-state index contributed by atoms with van der Waals surface area (Å²) in [5.41, 5.74) is 7.32. The zero-order chi connectivity index (χ0) is 23.9. The largest absolute Gasteiger partial charge is 0.366 e. The Balaban J connectivity index is 0.00000176. The number of likely N-dealkylation sites (tertiary alicyclic amines) is 1. The number of primary amides is 1. The topological polar surface area (TPSA) is 58.7 Å². The molecular formula is C25H35Cl2N3OS. The molecule has 0 unspecified atom stereocenters. The van der Waals surface area contributed by atoms with Crippen LogP contribution in [0, 0.1) is 5.41 Å². The van der Waals surface area contributed by atoms with Crippen LogP contribution in [0.1, 0.15) is 66.2 Å². The van der Waals surface area contributed by atoms with Gasteiger partial charge in [0.1, 0.15) is 5.82 Å². The Bertz CT molecular complexity index is 894. The first-order valence-electron chi connectivity index (χ1n) is 11.3. The summed E-state index contributed by atoms with van der Waals surface area (Å²) >= 11 is 13.8. The van der Waals surface area contributed by atoms with Crippen LogP contribution in [0.15, 0.2) is 51.0 Å². The number of hydrogen-bond donors (Lipinski definition) is 1. The van der Waals surface area contributed by atoms with E-state index in [4.69, 9.17) is 33.9 Å². The van der Waals surface area contributed by atoms with Gasteiger partial charge in [0.05, 0.1) is 21.3 Å². The predicted octanol–water partition coefficient (Wildman–Crippen LogP) is 7.46. The minimum absolute atomic E-state index is 0.446. The Morgan fingerprint density at radius 1 is 1.12 bits per heavy atom. The number of allylic oxidation sites excluding steroid dienone is 1. The van der Waals surface area contributed by atoms with Gasteiger partial charge in [-0.3, -0.25) is 4.79 Å². The van der Waals surface area contributed by atoms with Crippen molar-refractivity contribution in [3.05, 3.63) is 51.1 Å². The number of halogens is 2. The molecule has 1 saturated heterocycles. The van der Waals surface area contributed by atoms with Gasteiger partial charge in [-0.2, -0.15) is 0 Å². The molecule has 1 saturated carbocycles. The van der Waals surface area contributed by atoms with E-state index in [1.54, 1.807) is 13.0 Å². The molecule has 2 aliphatic rings. The van der Waals surface area contributed by atoms with Crippen LogP contribution in [0.2, 0.25) is 10.0 Å². The maximum absolute atomic E-state index is 12.0. The van der Waals surface area contributed by atoms with Crippen molar-refractivity contribution in [1.82, 2.24) is 4.90 Å². The molecule has 2 fully saturated rings. The lowest BCUT2D eigenvalue weighted by Gasteiger charge is -2.40. The highest BCUT2D eigenvalue weighted by Gasteiger charge is 2.37. The van der Waals surface area contributed by atoms with Crippen LogP contribution in [0.25, 0.3) is 0 Å². The molecule has 7 heteroatoms. The Kier molecular flexibility index (Phi) is 10.2. The van der Waals surface area contributed by atoms with Crippen molar-refractivity contribution in [3.63, 3.8) is 0 Å². The fraction of sp³-hybridized carbons (Fsp3) is 0.520. The van der Waals surface area contributed by atoms with Crippen molar-refractivity contribution in [2.24, 2.45) is 16.1 Å². The van der Waals surface area contributed by atoms with Gasteiger partial charge >= 0.3 is 0 Å². The molecule has 0 aromatic heterocycles. The standard InChI is InChI=1S/C23H29Cl2N3OS.C2H6/c1-15(21(26)29)22(28-13-11-23(12-14-28)9-4-5-10-23)27-16(2)17(3)30-19-8-6-7-18(24)20(19)25;1-2/h6-8H,3-5,9-14H2,1-2H3,(H2,26,29);1-2H3/b22-15-,27-16-;. The average Bonchev–Trinajstić information content (AvgIpc) is 3.24. The van der Waals surface area contributed by atoms with Gasteiger partial charge < -0.3 is 10.6 Å². The van der Waals surface area contributed by atoms with E-state index < -0.39 is 5.91 Å². The van der Waals surface area contributed by atoms with Crippen LogP contribution in [0.4, 0.5) is 0 Å². The Morgan fingerprint density at radius 3 is 2.28 bits per heavy atom. The Morgan fingerprint density at radius 2 is 1.72 bits per heavy atom. The number of carbonyl (C=O) groups excluding carboxylic acids is 1. The molecule has 4 nitrogen and oxygen atoms in total. The lowest BCUT2D eigenvalue weighted by molar-refractivity contribution is -0.114. The molecule has 176 valence electrons. The van der Waals surface area contributed by atoms with Gasteiger partial charge in [0, 0.05) is 22.9 Å². The van der Waals surface area contributed by atoms with Gasteiger partial charge in [-0.25, -0.2) is 4.99 Å². The van der Waals surface area contributed by atoms with E-state index in [2.05, 4.69) is 11.5 Å². The number of hydrogen-bond acceptors (Lipinski definition) is 4. The molecule has 3 rings (SSSR count). The summed E-state index contributed by atoms with van der Waals surface area (Å²) in [5, 5.41) is 1.00. The van der Waals surface area contributed by atoms with E-state index >= 15 is 0 Å². The number of nitrogens with two attached hydrogens (primary N) is 1. The van der Waals surface area contributed by atoms with Crippen LogP contribution < -0.4 is 5.73 Å². The number of nitrogens with zero attached hydrogens (tertiary/aromatic N) is 2. The molecule has 1 amide bonds. The highest BCUT2D eigenvalue weighted by atomic mass is 35.5. The van der Waals surface area contributed by atoms with Crippen molar-refractivity contribution in [3.8, 4) is 0 Å². The van der Waals surface area contributed by atoms with Crippen LogP contribution >= 0.6 is 35.0 Å². The van der Waals surface area contributed by atoms with Gasteiger partial charge in [0.2, 0.25) is 5.91 Å². The Hall–Kier alpha value is -1.43. The van der Waals surface area contributed by atoms with E-state index in [1.807, 2.05) is 32.9 Å². The average molecular weight is 497 g/mol. The summed E-state index contributed by atoms with van der Waals surface area (Å²) in [4.78, 5) is 20.6. The van der Waals surface area contributed by atoms with Crippen molar-refractivity contribution >= 4 is 46.6 Å². The first-order chi connectivity index (χ1) is 15.2. The highest BCUT2D eigenvalue weighted by Crippen LogP contribution is 2.46. The second kappa shape index (κ2) is 12.2. The minimum atomic E-state index is -0.446. The maximum Gasteiger partial charge on any atom is 0.248 e. The van der Waals surface area contributed by atoms with Crippen LogP contribution in [0.3, 0.4) is 0 Å². The fourth-order valence-electron chi connectivity index (χ4n) is 4.31. The van der Waals surface area contributed by atoms with Gasteiger partial charge in [0.15, 0.2) is 0 Å². The first kappa shape index (κ1) is 26.8. The molecular weight excluding hydrogens is 461 g/mol. The number of amides is 1. The predicted molar refractivity (Wildman–Crippen MR) is 140 cm³/mol. The number of piperidine rings is 1. The highest BCUT2D eigenvalue weighted by molar-refractivity contribution is 8.04. The molecule has 32 heavy (non-hydrogen) atoms. The third-order valence-corrected chi connectivity index (χ3v) is 8.35. The summed E-state index contributed by atoms with van der Waals surface area (Å²) in [5.74, 6) is 0.214. The van der Waals surface area contributed by atoms with Crippen molar-refractivity contribution in [2.45, 2.75) is 71.1 Å². The zero-order valence-electron chi connectivity index (χ0n) is 19.6. The number of thioether (sulfide) groups is 1. The molecule has 1 aliphatic heterocycles. The lowest BCUT2D eigenvalue weighted by Crippen LogP contribution is -2.39. The lowest BCUT2D eigenvalue weighted by atomic mass is 9.77. The molecule has 1 spiro atoms. The summed E-state index contributed by atoms with van der Waals surface area (Å²) in [6, 6.07) is 5.50. The van der Waals surface area contributed by atoms with Gasteiger partial charge in [-0.1, -0.05) is 74.3 Å². The van der Waals surface area contributed by atoms with Crippen molar-refractivity contribution in [1.29, 1.82) is 0 Å². The van der Waals surface area contributed by atoms with Gasteiger partial charge in [0.25, 0.3) is 0 Å². The number of aliphatic imine (C=N–C) groups is 1. The fourth-order valence-corrected chi connectivity index (χ4v) is 5.59. The second-order valence-electron chi connectivity index (χ2n) is 8.28. The molecule has 1 aliphatic carbocycles. The van der Waals surface area contributed by atoms with Crippen LogP contribution in [-0.2, 0) is 4.79 Å². The first-order valence-corrected chi connectivity index (χ1v) is 12.9. The minimum Gasteiger partial charge on any atom is -0.366 e. The van der Waals surface area contributed by atoms with Gasteiger partial charge in [-0.15, -0.1) is 0 Å². The third kappa shape index (κ3) is 6.55. The molecule has 0 radical (unpaired) electrons. The maximum atomic E-state index is 12.0. The van der Waals surface area contributed by atoms with E-state index in [-0.39, 0.29) is 0 Å². The summed E-state index contributed by atoms with van der Waals surface area (Å²) in [7, 11) is 0. The summed E-state index contributed by atoms with van der Waals surface area (Å²) < 4.78 is 0. The normalized spacial score (nSPS) is 18.7. The van der Waals surface area contributed by atoms with Crippen LogP contribution in [0.5, 0.6) is 0 Å². The van der Waals surface area contributed by atoms with Crippen LogP contribution in [-0.4, -0.2) is 29.6 Å². The zero-order valence-corrected chi connectivity index (χ0v) is 22.0. The molecule has 1 heterocycles. The quantitative estimate of drug-likeness (QED) is 0.253. The van der Waals surface area contributed by atoms with Crippen molar-refractivity contribution in [2.75, 3.05) is 13.1 Å². The summed E-state index contributed by atoms with van der Waals surface area (Å²) in [6.45, 7) is 13.6. The van der Waals surface area contributed by atoms with Gasteiger partial charge in [-0.05, 0) is 57.1 Å². The number of carbonyl (C=O) groups is 1. The Labute approximate surface area is 207 Å². The monoisotopic (exact) mass is 495 g/mol. The molecule has 0 bridgehead atoms. The number of rotatable bonds is 6. The molecule has 2 N–H and O–H groups in total. The van der Waals surface area contributed by atoms with E-state index in [0.29, 0.717) is 26.9 Å². The van der Waals surface area contributed by atoms with Crippen molar-refractivity contribution < 1.29 is 4.79 Å². The summed E-state index contributed by atoms with van der Waals surface area (Å²) in [6.07, 6.45) is 7.61. The number of benzene rings is 1. The van der Waals surface area contributed by atoms with E-state index in [0.717, 1.165) is 41.4 Å². The second-order valence-corrected chi connectivity index (χ2v) is 10.2. The molecule has 1 aromatic carbocycles. The SMILES string of the molecule is C=C(Sc1cccc(Cl)c1Cl)/C(C)=N\C(=C(/C)C(N)=O)N1CCC2(CCCC2)CC1.CC. The van der Waals surface area contributed by atoms with E-state index in [9.17, 15) is 4.79 Å². The van der Waals surface area contributed by atoms with E-state index in [1.165, 1.54) is 37.4 Å². The molecule has 1 aromatic rings.